The molecule has 7 rings (SSSR count). The molecule has 1 spiro atoms. The van der Waals surface area contributed by atoms with Crippen LogP contribution in [0.4, 0.5) is 13.2 Å². The Balaban J connectivity index is 1.23. The Morgan fingerprint density at radius 2 is 1.80 bits per heavy atom. The van der Waals surface area contributed by atoms with Crippen LogP contribution in [0, 0.1) is 11.8 Å². The van der Waals surface area contributed by atoms with Gasteiger partial charge in [0.05, 0.1) is 29.9 Å². The zero-order valence-electron chi connectivity index (χ0n) is 25.8. The zero-order valence-corrected chi connectivity index (χ0v) is 25.8. The first-order valence-electron chi connectivity index (χ1n) is 16.7. The van der Waals surface area contributed by atoms with Crippen molar-refractivity contribution in [3.63, 3.8) is 0 Å². The molecular weight excluding hydrogens is 565 g/mol. The Morgan fingerprint density at radius 1 is 1.00 bits per heavy atom. The molecule has 0 radical (unpaired) electrons. The lowest BCUT2D eigenvalue weighted by Crippen LogP contribution is -2.57. The van der Waals surface area contributed by atoms with Gasteiger partial charge in [-0.15, -0.1) is 5.43 Å². The highest BCUT2D eigenvalue weighted by Crippen LogP contribution is 2.42. The third-order valence-corrected chi connectivity index (χ3v) is 10.8. The van der Waals surface area contributed by atoms with Crippen molar-refractivity contribution >= 4 is 5.52 Å². The lowest BCUT2D eigenvalue weighted by molar-refractivity contribution is -0.959. The molecule has 3 atom stereocenters. The number of imidazole rings is 1. The van der Waals surface area contributed by atoms with E-state index in [1.807, 2.05) is 18.2 Å². The maximum absolute atomic E-state index is 14.4. The maximum Gasteiger partial charge on any atom is 0.418 e. The number of likely N-dealkylation sites (tertiary alicyclic amines) is 1. The number of fused-ring (bicyclic) bond motifs is 1. The van der Waals surface area contributed by atoms with Crippen molar-refractivity contribution in [3.05, 3.63) is 69.9 Å². The molecule has 1 unspecified atom stereocenters. The van der Waals surface area contributed by atoms with Gasteiger partial charge in [0.1, 0.15) is 6.17 Å². The fourth-order valence-corrected chi connectivity index (χ4v) is 8.30. The normalized spacial score (nSPS) is 25.7. The molecule has 3 aliphatic heterocycles. The number of rotatable bonds is 6. The van der Waals surface area contributed by atoms with E-state index in [4.69, 9.17) is 0 Å². The predicted molar refractivity (Wildman–Crippen MR) is 165 cm³/mol. The van der Waals surface area contributed by atoms with Gasteiger partial charge in [-0.2, -0.15) is 13.2 Å². The number of piperidine rings is 1. The lowest BCUT2D eigenvalue weighted by atomic mass is 9.71. The molecule has 10 heteroatoms. The number of alkyl halides is 3. The van der Waals surface area contributed by atoms with Crippen LogP contribution in [0.25, 0.3) is 11.2 Å². The molecule has 3 saturated heterocycles. The standard InChI is InChI=1S/C34H46F3N6O/c1-24-9-8-14-40(19-24)20-25-17-29(34(35,36)37)30-22-41(33(44)42(30)21-25)28-13-7-12-27(18-28)31(26-10-6-11-26)32-38-23-43(39-32)15-4-2-3-5-16-43/h7,12-13,17-18,21-22,24,26,31-32,38-39H,2-6,8-11,14-16,19-20,23H2,1H3/q+1/t24-,31+,32?/m0/s1. The van der Waals surface area contributed by atoms with Gasteiger partial charge >= 0.3 is 11.9 Å². The quantitative estimate of drug-likeness (QED) is 0.336. The summed E-state index contributed by atoms with van der Waals surface area (Å²) in [5.41, 5.74) is 4.90. The molecule has 4 aliphatic rings. The van der Waals surface area contributed by atoms with Gasteiger partial charge in [0, 0.05) is 31.4 Å². The van der Waals surface area contributed by atoms with Crippen LogP contribution in [0.5, 0.6) is 0 Å². The highest BCUT2D eigenvalue weighted by Gasteiger charge is 2.45. The van der Waals surface area contributed by atoms with Crippen molar-refractivity contribution in [1.82, 2.24) is 24.6 Å². The lowest BCUT2D eigenvalue weighted by Gasteiger charge is -2.38. The third-order valence-electron chi connectivity index (χ3n) is 10.8. The second-order valence-corrected chi connectivity index (χ2v) is 14.1. The Labute approximate surface area is 257 Å². The van der Waals surface area contributed by atoms with Gasteiger partial charge in [-0.05, 0) is 99.1 Å². The number of nitrogens with one attached hydrogen (secondary N) is 2. The molecule has 0 amide bonds. The first kappa shape index (κ1) is 30.0. The molecule has 7 nitrogen and oxygen atoms in total. The molecule has 1 aromatic carbocycles. The van der Waals surface area contributed by atoms with E-state index in [9.17, 15) is 18.0 Å². The van der Waals surface area contributed by atoms with E-state index < -0.39 is 17.4 Å². The van der Waals surface area contributed by atoms with E-state index in [1.54, 1.807) is 6.20 Å². The smallest absolute Gasteiger partial charge is 0.299 e. The molecule has 2 aromatic heterocycles. The van der Waals surface area contributed by atoms with Gasteiger partial charge in [-0.25, -0.2) is 14.7 Å². The van der Waals surface area contributed by atoms with Crippen molar-refractivity contribution in [2.24, 2.45) is 11.8 Å². The Morgan fingerprint density at radius 3 is 2.50 bits per heavy atom. The molecule has 44 heavy (non-hydrogen) atoms. The number of pyridine rings is 1. The van der Waals surface area contributed by atoms with Crippen LogP contribution in [-0.2, 0) is 12.7 Å². The average Bonchev–Trinajstić information content (AvgIpc) is 3.43. The summed E-state index contributed by atoms with van der Waals surface area (Å²) in [6.45, 7) is 7.48. The van der Waals surface area contributed by atoms with E-state index in [1.165, 1.54) is 66.2 Å². The van der Waals surface area contributed by atoms with Crippen LogP contribution in [0.15, 0.2) is 47.5 Å². The van der Waals surface area contributed by atoms with Crippen molar-refractivity contribution in [2.45, 2.75) is 89.5 Å². The average molecular weight is 612 g/mol. The topological polar surface area (TPSA) is 53.7 Å². The molecule has 238 valence electrons. The number of nitrogens with zero attached hydrogens (tertiary/aromatic N) is 4. The Kier molecular flexibility index (Phi) is 8.14. The first-order valence-corrected chi connectivity index (χ1v) is 16.7. The van der Waals surface area contributed by atoms with Crippen LogP contribution in [-0.4, -0.2) is 57.5 Å². The summed E-state index contributed by atoms with van der Waals surface area (Å²) in [4.78, 5) is 16.0. The molecule has 1 aliphatic carbocycles. The minimum atomic E-state index is -4.57. The van der Waals surface area contributed by atoms with Gasteiger partial charge in [0.25, 0.3) is 0 Å². The fourth-order valence-electron chi connectivity index (χ4n) is 8.30. The molecule has 0 bridgehead atoms. The molecule has 3 aromatic rings. The highest BCUT2D eigenvalue weighted by molar-refractivity contribution is 5.58. The Hall–Kier alpha value is -2.66. The van der Waals surface area contributed by atoms with Crippen molar-refractivity contribution in [3.8, 4) is 5.69 Å². The minimum absolute atomic E-state index is 0.106. The summed E-state index contributed by atoms with van der Waals surface area (Å²) in [5, 5.41) is 3.81. The number of quaternary nitrogens is 1. The molecular formula is C34H46F3N6O+. The van der Waals surface area contributed by atoms with Gasteiger partial charge in [0.2, 0.25) is 0 Å². The molecule has 4 fully saturated rings. The van der Waals surface area contributed by atoms with Crippen molar-refractivity contribution in [2.75, 3.05) is 32.8 Å². The van der Waals surface area contributed by atoms with Crippen LogP contribution in [0.3, 0.4) is 0 Å². The summed E-state index contributed by atoms with van der Waals surface area (Å²) in [7, 11) is 0. The van der Waals surface area contributed by atoms with E-state index >= 15 is 0 Å². The monoisotopic (exact) mass is 611 g/mol. The third kappa shape index (κ3) is 5.86. The highest BCUT2D eigenvalue weighted by atomic mass is 19.4. The SMILES string of the molecule is C[C@H]1CCCN(Cc2cc(C(F)(F)F)c3cn(-c4cccc([C@@H](C5CCC5)C5NC[N+]6(CCCCCC6)N5)c4)c(=O)n3c2)C1. The molecule has 5 heterocycles. The van der Waals surface area contributed by atoms with Crippen LogP contribution in [0.2, 0.25) is 0 Å². The Bertz CT molecular complexity index is 1530. The maximum atomic E-state index is 14.4. The summed E-state index contributed by atoms with van der Waals surface area (Å²) < 4.78 is 46.7. The van der Waals surface area contributed by atoms with Crippen LogP contribution >= 0.6 is 0 Å². The van der Waals surface area contributed by atoms with Gasteiger partial charge in [-0.1, -0.05) is 25.5 Å². The summed E-state index contributed by atoms with van der Waals surface area (Å²) in [6, 6.07) is 9.18. The summed E-state index contributed by atoms with van der Waals surface area (Å²) >= 11 is 0. The summed E-state index contributed by atoms with van der Waals surface area (Å²) in [5.74, 6) is 1.27. The van der Waals surface area contributed by atoms with Crippen molar-refractivity contribution < 1.29 is 17.8 Å². The molecule has 2 N–H and O–H groups in total. The largest absolute Gasteiger partial charge is 0.418 e. The first-order chi connectivity index (χ1) is 21.2. The van der Waals surface area contributed by atoms with E-state index in [2.05, 4.69) is 28.6 Å². The van der Waals surface area contributed by atoms with E-state index in [0.717, 1.165) is 55.8 Å². The van der Waals surface area contributed by atoms with Gasteiger partial charge in [0.15, 0.2) is 6.67 Å². The van der Waals surface area contributed by atoms with Crippen LogP contribution < -0.4 is 16.4 Å². The molecule has 1 saturated carbocycles. The van der Waals surface area contributed by atoms with Gasteiger partial charge in [-0.3, -0.25) is 13.9 Å². The summed E-state index contributed by atoms with van der Waals surface area (Å²) in [6.07, 6.45) is 9.30. The number of halogens is 3. The number of benzene rings is 1. The predicted octanol–water partition coefficient (Wildman–Crippen LogP) is 6.01. The number of hydrogen-bond acceptors (Lipinski definition) is 4. The second kappa shape index (κ2) is 11.9. The van der Waals surface area contributed by atoms with E-state index in [-0.39, 0.29) is 17.6 Å². The fraction of sp³-hybridized carbons (Fsp3) is 0.618. The van der Waals surface area contributed by atoms with Crippen molar-refractivity contribution in [1.29, 1.82) is 0 Å². The minimum Gasteiger partial charge on any atom is -0.299 e. The van der Waals surface area contributed by atoms with E-state index in [0.29, 0.717) is 29.6 Å². The van der Waals surface area contributed by atoms with Gasteiger partial charge < -0.3 is 0 Å². The number of aromatic nitrogens is 2. The second-order valence-electron chi connectivity index (χ2n) is 14.1. The number of hydrogen-bond donors (Lipinski definition) is 2. The zero-order chi connectivity index (χ0) is 30.5. The van der Waals surface area contributed by atoms with Crippen LogP contribution in [0.1, 0.15) is 87.3 Å².